The van der Waals surface area contributed by atoms with Gasteiger partial charge in [0.25, 0.3) is 0 Å². The van der Waals surface area contributed by atoms with E-state index in [1.54, 1.807) is 0 Å². The lowest BCUT2D eigenvalue weighted by Crippen LogP contribution is -2.34. The fourth-order valence-corrected chi connectivity index (χ4v) is 0.995. The van der Waals surface area contributed by atoms with Crippen molar-refractivity contribution in [2.45, 2.75) is 25.3 Å². The van der Waals surface area contributed by atoms with Crippen LogP contribution in [0.1, 0.15) is 12.8 Å². The molecule has 54 valence electrons. The number of hydroxylamine groups is 2. The standard InChI is InChI=1S/C5H11NO3/c1-9-6-4(7)2-3-5(6)8/h4-5,7-8H,2-3H2,1H3. The van der Waals surface area contributed by atoms with Crippen molar-refractivity contribution in [2.24, 2.45) is 0 Å². The molecule has 1 aliphatic heterocycles. The average Bonchev–Trinajstić information content (AvgIpc) is 2.12. The first kappa shape index (κ1) is 6.95. The Morgan fingerprint density at radius 3 is 2.00 bits per heavy atom. The Balaban J connectivity index is 2.44. The van der Waals surface area contributed by atoms with Crippen molar-refractivity contribution >= 4 is 0 Å². The van der Waals surface area contributed by atoms with Crippen molar-refractivity contribution in [1.29, 1.82) is 0 Å². The van der Waals surface area contributed by atoms with Gasteiger partial charge in [-0.25, -0.2) is 0 Å². The molecule has 0 aromatic rings. The lowest BCUT2D eigenvalue weighted by molar-refractivity contribution is -0.258. The molecule has 2 N–H and O–H groups in total. The highest BCUT2D eigenvalue weighted by atomic mass is 16.7. The van der Waals surface area contributed by atoms with Gasteiger partial charge in [-0.15, -0.1) is 5.06 Å². The molecule has 4 nitrogen and oxygen atoms in total. The summed E-state index contributed by atoms with van der Waals surface area (Å²) >= 11 is 0. The van der Waals surface area contributed by atoms with Crippen LogP contribution in [-0.4, -0.2) is 34.8 Å². The second-order valence-corrected chi connectivity index (χ2v) is 2.08. The third kappa shape index (κ3) is 1.21. The minimum Gasteiger partial charge on any atom is -0.376 e. The molecule has 0 saturated carbocycles. The van der Waals surface area contributed by atoms with Gasteiger partial charge >= 0.3 is 0 Å². The summed E-state index contributed by atoms with van der Waals surface area (Å²) in [5.74, 6) is 0. The predicted octanol–water partition coefficient (Wildman–Crippen LogP) is -0.720. The van der Waals surface area contributed by atoms with E-state index >= 15 is 0 Å². The van der Waals surface area contributed by atoms with Crippen LogP contribution in [0.4, 0.5) is 0 Å². The van der Waals surface area contributed by atoms with Crippen LogP contribution in [0.15, 0.2) is 0 Å². The third-order valence-electron chi connectivity index (χ3n) is 1.48. The molecule has 0 spiro atoms. The molecular formula is C5H11NO3. The second-order valence-electron chi connectivity index (χ2n) is 2.08. The zero-order chi connectivity index (χ0) is 6.85. The topological polar surface area (TPSA) is 52.9 Å². The largest absolute Gasteiger partial charge is 0.376 e. The van der Waals surface area contributed by atoms with Crippen molar-refractivity contribution in [3.05, 3.63) is 0 Å². The van der Waals surface area contributed by atoms with E-state index in [0.717, 1.165) is 0 Å². The second kappa shape index (κ2) is 2.62. The molecule has 9 heavy (non-hydrogen) atoms. The smallest absolute Gasteiger partial charge is 0.133 e. The molecule has 0 radical (unpaired) electrons. The molecule has 1 aliphatic rings. The number of aliphatic hydroxyl groups excluding tert-OH is 2. The van der Waals surface area contributed by atoms with Crippen LogP contribution in [0.2, 0.25) is 0 Å². The van der Waals surface area contributed by atoms with Gasteiger partial charge in [-0.2, -0.15) is 0 Å². The molecule has 1 fully saturated rings. The van der Waals surface area contributed by atoms with E-state index in [2.05, 4.69) is 4.84 Å². The third-order valence-corrected chi connectivity index (χ3v) is 1.48. The molecule has 1 saturated heterocycles. The van der Waals surface area contributed by atoms with Gasteiger partial charge in [0.1, 0.15) is 12.5 Å². The molecule has 0 amide bonds. The fourth-order valence-electron chi connectivity index (χ4n) is 0.995. The molecule has 0 aromatic carbocycles. The van der Waals surface area contributed by atoms with Gasteiger partial charge in [0.05, 0.1) is 7.11 Å². The molecule has 1 rings (SSSR count). The Bertz CT molecular complexity index is 88.2. The Morgan fingerprint density at radius 2 is 1.78 bits per heavy atom. The summed E-state index contributed by atoms with van der Waals surface area (Å²) in [5.41, 5.74) is 0. The maximum Gasteiger partial charge on any atom is 0.133 e. The first-order valence-corrected chi connectivity index (χ1v) is 2.94. The molecule has 0 aliphatic carbocycles. The van der Waals surface area contributed by atoms with Crippen LogP contribution in [0.3, 0.4) is 0 Å². The Morgan fingerprint density at radius 1 is 1.33 bits per heavy atom. The lowest BCUT2D eigenvalue weighted by Gasteiger charge is -2.19. The normalized spacial score (nSPS) is 37.7. The zero-order valence-corrected chi connectivity index (χ0v) is 5.32. The first-order valence-electron chi connectivity index (χ1n) is 2.94. The van der Waals surface area contributed by atoms with Gasteiger partial charge in [0.2, 0.25) is 0 Å². The summed E-state index contributed by atoms with van der Waals surface area (Å²) in [6, 6.07) is 0. The highest BCUT2D eigenvalue weighted by Gasteiger charge is 2.30. The summed E-state index contributed by atoms with van der Waals surface area (Å²) in [6.07, 6.45) is -0.112. The van der Waals surface area contributed by atoms with E-state index in [4.69, 9.17) is 10.2 Å². The lowest BCUT2D eigenvalue weighted by atomic mass is 10.3. The maximum atomic E-state index is 9.00. The summed E-state index contributed by atoms with van der Waals surface area (Å²) in [5, 5.41) is 19.2. The molecule has 1 heterocycles. The van der Waals surface area contributed by atoms with Crippen LogP contribution >= 0.6 is 0 Å². The zero-order valence-electron chi connectivity index (χ0n) is 5.32. The van der Waals surface area contributed by atoms with E-state index in [0.29, 0.717) is 12.8 Å². The monoisotopic (exact) mass is 133 g/mol. The Hall–Kier alpha value is -0.160. The maximum absolute atomic E-state index is 9.00. The number of hydrogen-bond acceptors (Lipinski definition) is 4. The molecule has 0 bridgehead atoms. The molecule has 0 aromatic heterocycles. The van der Waals surface area contributed by atoms with Crippen LogP contribution < -0.4 is 0 Å². The van der Waals surface area contributed by atoms with Crippen molar-refractivity contribution in [2.75, 3.05) is 7.11 Å². The highest BCUT2D eigenvalue weighted by Crippen LogP contribution is 2.19. The fraction of sp³-hybridized carbons (Fsp3) is 1.00. The number of aliphatic hydroxyl groups is 2. The number of nitrogens with zero attached hydrogens (tertiary/aromatic N) is 1. The molecule has 2 unspecified atom stereocenters. The summed E-state index contributed by atoms with van der Waals surface area (Å²) in [6.45, 7) is 0. The van der Waals surface area contributed by atoms with Crippen LogP contribution in [0, 0.1) is 0 Å². The van der Waals surface area contributed by atoms with Crippen molar-refractivity contribution in [1.82, 2.24) is 5.06 Å². The van der Waals surface area contributed by atoms with Gasteiger partial charge in [0, 0.05) is 0 Å². The van der Waals surface area contributed by atoms with Gasteiger partial charge in [-0.1, -0.05) is 0 Å². The van der Waals surface area contributed by atoms with E-state index in [-0.39, 0.29) is 0 Å². The van der Waals surface area contributed by atoms with Crippen molar-refractivity contribution < 1.29 is 15.1 Å². The van der Waals surface area contributed by atoms with Crippen LogP contribution in [-0.2, 0) is 4.84 Å². The predicted molar refractivity (Wildman–Crippen MR) is 30.1 cm³/mol. The van der Waals surface area contributed by atoms with Crippen molar-refractivity contribution in [3.8, 4) is 0 Å². The SMILES string of the molecule is CON1C(O)CCC1O. The van der Waals surface area contributed by atoms with Crippen LogP contribution in [0.5, 0.6) is 0 Å². The van der Waals surface area contributed by atoms with E-state index < -0.39 is 12.5 Å². The van der Waals surface area contributed by atoms with Gasteiger partial charge in [0.15, 0.2) is 0 Å². The molecule has 4 heteroatoms. The van der Waals surface area contributed by atoms with Crippen molar-refractivity contribution in [3.63, 3.8) is 0 Å². The Labute approximate surface area is 53.6 Å². The number of rotatable bonds is 1. The van der Waals surface area contributed by atoms with Gasteiger partial charge in [-0.05, 0) is 12.8 Å². The molecule has 2 atom stereocenters. The molecular weight excluding hydrogens is 122 g/mol. The van der Waals surface area contributed by atoms with Gasteiger partial charge in [-0.3, -0.25) is 4.84 Å². The van der Waals surface area contributed by atoms with E-state index in [9.17, 15) is 0 Å². The van der Waals surface area contributed by atoms with Crippen LogP contribution in [0.25, 0.3) is 0 Å². The van der Waals surface area contributed by atoms with E-state index in [1.165, 1.54) is 12.2 Å². The summed E-state index contributed by atoms with van der Waals surface area (Å²) in [4.78, 5) is 4.67. The first-order chi connectivity index (χ1) is 4.25. The number of hydrogen-bond donors (Lipinski definition) is 2. The van der Waals surface area contributed by atoms with Gasteiger partial charge < -0.3 is 10.2 Å². The van der Waals surface area contributed by atoms with E-state index in [1.807, 2.05) is 0 Å². The minimum absolute atomic E-state index is 0.578. The quantitative estimate of drug-likeness (QED) is 0.495. The summed E-state index contributed by atoms with van der Waals surface area (Å²) in [7, 11) is 1.43. The highest BCUT2D eigenvalue weighted by molar-refractivity contribution is 4.66. The average molecular weight is 133 g/mol. The minimum atomic E-state index is -0.634. The summed E-state index contributed by atoms with van der Waals surface area (Å²) < 4.78 is 0. The Kier molecular flexibility index (Phi) is 2.02.